The van der Waals surface area contributed by atoms with Gasteiger partial charge in [0, 0.05) is 30.2 Å². The molecule has 0 amide bonds. The number of para-hydroxylation sites is 1. The largest absolute Gasteiger partial charge is 0.393 e. The Morgan fingerprint density at radius 2 is 1.80 bits per heavy atom. The number of hydrazone groups is 1. The van der Waals surface area contributed by atoms with E-state index in [9.17, 15) is 15.2 Å². The van der Waals surface area contributed by atoms with Gasteiger partial charge in [-0.05, 0) is 97.6 Å². The number of rotatable bonds is 4. The lowest BCUT2D eigenvalue weighted by molar-refractivity contribution is -0.384. The summed E-state index contributed by atoms with van der Waals surface area (Å²) in [5.74, 6) is 2.58. The smallest absolute Gasteiger partial charge is 0.269 e. The molecule has 0 radical (unpaired) electrons. The summed E-state index contributed by atoms with van der Waals surface area (Å²) in [6.45, 7) is 5.05. The van der Waals surface area contributed by atoms with Gasteiger partial charge in [-0.25, -0.2) is 0 Å². The number of hydrogen-bond acceptors (Lipinski definition) is 5. The third-order valence-electron chi connectivity index (χ3n) is 11.9. The van der Waals surface area contributed by atoms with Crippen LogP contribution < -0.4 is 5.01 Å². The first kappa shape index (κ1) is 25.9. The van der Waals surface area contributed by atoms with Crippen molar-refractivity contribution in [2.24, 2.45) is 39.6 Å². The third kappa shape index (κ3) is 3.97. The normalized spacial score (nSPS) is 38.6. The Balaban J connectivity index is 1.20. The molecule has 1 N–H and O–H groups in total. The minimum Gasteiger partial charge on any atom is -0.393 e. The number of anilines is 1. The number of nitro groups is 1. The average Bonchev–Trinajstić information content (AvgIpc) is 3.55. The summed E-state index contributed by atoms with van der Waals surface area (Å²) >= 11 is 0. The molecule has 0 bridgehead atoms. The Labute approximate surface area is 237 Å². The number of nitro benzene ring substituents is 1. The highest BCUT2D eigenvalue weighted by Gasteiger charge is 2.59. The van der Waals surface area contributed by atoms with E-state index in [1.54, 1.807) is 18.2 Å². The Bertz CT molecular complexity index is 1370. The van der Waals surface area contributed by atoms with Gasteiger partial charge >= 0.3 is 0 Å². The molecule has 0 saturated heterocycles. The lowest BCUT2D eigenvalue weighted by atomic mass is 9.47. The van der Waals surface area contributed by atoms with E-state index in [0.29, 0.717) is 17.8 Å². The van der Waals surface area contributed by atoms with Gasteiger partial charge in [-0.1, -0.05) is 55.8 Å². The standard InChI is InChI=1S/C34H41N3O3/c1-33-17-15-26(38)20-23(33)11-12-27-28-13-14-30(34(28,2)18-16-29(27)33)31-21-32(22-7-6-10-25(19-22)37(39)40)36(35-31)24-8-4-3-5-9-24/h3-11,19,26-30,32,38H,12-18,20-21H2,1-2H3/t26-,27-,28-,29-,30+,32?,33-,34-/m0/s1. The maximum atomic E-state index is 11.6. The average molecular weight is 540 g/mol. The molecule has 1 aliphatic heterocycles. The zero-order valence-corrected chi connectivity index (χ0v) is 23.7. The second kappa shape index (κ2) is 9.54. The molecule has 2 aromatic rings. The first-order valence-corrected chi connectivity index (χ1v) is 15.3. The van der Waals surface area contributed by atoms with Crippen molar-refractivity contribution in [3.8, 4) is 0 Å². The monoisotopic (exact) mass is 539 g/mol. The van der Waals surface area contributed by atoms with E-state index in [1.165, 1.54) is 37.0 Å². The molecule has 3 fully saturated rings. The van der Waals surface area contributed by atoms with Gasteiger partial charge in [-0.15, -0.1) is 0 Å². The molecule has 0 spiro atoms. The fourth-order valence-electron chi connectivity index (χ4n) is 9.86. The molecule has 40 heavy (non-hydrogen) atoms. The van der Waals surface area contributed by atoms with Crippen LogP contribution in [-0.2, 0) is 0 Å². The number of nitrogens with zero attached hydrogens (tertiary/aromatic N) is 3. The molecule has 1 unspecified atom stereocenters. The Hall–Kier alpha value is -2.99. The van der Waals surface area contributed by atoms with Crippen LogP contribution in [0.25, 0.3) is 0 Å². The second-order valence-corrected chi connectivity index (χ2v) is 13.7. The SMILES string of the molecule is C[C@]12CC[C@H]3[C@@H](CC=C4C[C@@H](O)CC[C@@]43C)[C@@H]1CC[C@@H]2C1=NN(c2ccccc2)C(c2cccc([N+](=O)[O-])c2)C1. The molecule has 4 aliphatic carbocycles. The quantitative estimate of drug-likeness (QED) is 0.244. The van der Waals surface area contributed by atoms with Crippen LogP contribution in [-0.4, -0.2) is 21.8 Å². The molecule has 8 atom stereocenters. The number of hydrogen-bond donors (Lipinski definition) is 1. The van der Waals surface area contributed by atoms with Crippen molar-refractivity contribution in [3.05, 3.63) is 81.9 Å². The van der Waals surface area contributed by atoms with E-state index in [2.05, 4.69) is 37.1 Å². The number of benzene rings is 2. The number of fused-ring (bicyclic) bond motifs is 5. The van der Waals surface area contributed by atoms with Crippen LogP contribution in [0.4, 0.5) is 11.4 Å². The number of allylic oxidation sites excluding steroid dienone is 1. The molecule has 6 nitrogen and oxygen atoms in total. The van der Waals surface area contributed by atoms with Crippen LogP contribution in [0.15, 0.2) is 71.3 Å². The molecule has 6 heteroatoms. The van der Waals surface area contributed by atoms with Gasteiger partial charge in [0.25, 0.3) is 5.69 Å². The molecular formula is C34H41N3O3. The predicted octanol–water partition coefficient (Wildman–Crippen LogP) is 7.84. The topological polar surface area (TPSA) is 79.0 Å². The van der Waals surface area contributed by atoms with Gasteiger partial charge in [-0.3, -0.25) is 15.1 Å². The summed E-state index contributed by atoms with van der Waals surface area (Å²) in [6, 6.07) is 17.4. The Morgan fingerprint density at radius 3 is 2.60 bits per heavy atom. The van der Waals surface area contributed by atoms with Gasteiger partial charge in [0.15, 0.2) is 0 Å². The Kier molecular flexibility index (Phi) is 6.19. The molecule has 210 valence electrons. The van der Waals surface area contributed by atoms with Crippen LogP contribution in [0.1, 0.15) is 83.2 Å². The molecular weight excluding hydrogens is 498 g/mol. The van der Waals surface area contributed by atoms with Gasteiger partial charge < -0.3 is 5.11 Å². The minimum absolute atomic E-state index is 0.0379. The maximum Gasteiger partial charge on any atom is 0.269 e. The molecule has 0 aromatic heterocycles. The van der Waals surface area contributed by atoms with Crippen molar-refractivity contribution in [3.63, 3.8) is 0 Å². The van der Waals surface area contributed by atoms with Crippen LogP contribution in [0, 0.1) is 44.6 Å². The molecule has 3 saturated carbocycles. The van der Waals surface area contributed by atoms with E-state index >= 15 is 0 Å². The summed E-state index contributed by atoms with van der Waals surface area (Å²) < 4.78 is 0. The highest BCUT2D eigenvalue weighted by molar-refractivity contribution is 5.92. The molecule has 1 heterocycles. The fourth-order valence-corrected chi connectivity index (χ4v) is 9.86. The van der Waals surface area contributed by atoms with E-state index < -0.39 is 0 Å². The highest BCUT2D eigenvalue weighted by atomic mass is 16.6. The van der Waals surface area contributed by atoms with Crippen molar-refractivity contribution in [2.45, 2.75) is 83.8 Å². The maximum absolute atomic E-state index is 11.6. The fraction of sp³-hybridized carbons (Fsp3) is 0.559. The molecule has 2 aromatic carbocycles. The van der Waals surface area contributed by atoms with Crippen molar-refractivity contribution < 1.29 is 10.0 Å². The van der Waals surface area contributed by atoms with Gasteiger partial charge in [-0.2, -0.15) is 5.10 Å². The van der Waals surface area contributed by atoms with Gasteiger partial charge in [0.05, 0.1) is 22.8 Å². The number of non-ortho nitro benzene ring substituents is 1. The first-order chi connectivity index (χ1) is 19.3. The number of aliphatic hydroxyl groups excluding tert-OH is 1. The third-order valence-corrected chi connectivity index (χ3v) is 11.9. The van der Waals surface area contributed by atoms with E-state index in [0.717, 1.165) is 49.3 Å². The zero-order valence-electron chi connectivity index (χ0n) is 23.7. The van der Waals surface area contributed by atoms with E-state index in [-0.39, 0.29) is 33.6 Å². The van der Waals surface area contributed by atoms with E-state index in [1.807, 2.05) is 24.3 Å². The van der Waals surface area contributed by atoms with Gasteiger partial charge in [0.2, 0.25) is 0 Å². The van der Waals surface area contributed by atoms with Crippen LogP contribution in [0.2, 0.25) is 0 Å². The van der Waals surface area contributed by atoms with Crippen LogP contribution in [0.3, 0.4) is 0 Å². The molecule has 7 rings (SSSR count). The lowest BCUT2D eigenvalue weighted by Crippen LogP contribution is -2.51. The van der Waals surface area contributed by atoms with Crippen molar-refractivity contribution >= 4 is 17.1 Å². The first-order valence-electron chi connectivity index (χ1n) is 15.3. The van der Waals surface area contributed by atoms with Crippen LogP contribution in [0.5, 0.6) is 0 Å². The van der Waals surface area contributed by atoms with Gasteiger partial charge in [0.1, 0.15) is 0 Å². The lowest BCUT2D eigenvalue weighted by Gasteiger charge is -2.58. The van der Waals surface area contributed by atoms with Crippen molar-refractivity contribution in [1.29, 1.82) is 0 Å². The summed E-state index contributed by atoms with van der Waals surface area (Å²) in [7, 11) is 0. The molecule has 5 aliphatic rings. The van der Waals surface area contributed by atoms with Crippen molar-refractivity contribution in [1.82, 2.24) is 0 Å². The van der Waals surface area contributed by atoms with Crippen LogP contribution >= 0.6 is 0 Å². The summed E-state index contributed by atoms with van der Waals surface area (Å²) in [4.78, 5) is 11.3. The predicted molar refractivity (Wildman–Crippen MR) is 158 cm³/mol. The minimum atomic E-state index is -0.300. The van der Waals surface area contributed by atoms with E-state index in [4.69, 9.17) is 5.10 Å². The Morgan fingerprint density at radius 1 is 0.975 bits per heavy atom. The summed E-state index contributed by atoms with van der Waals surface area (Å²) in [5, 5.41) is 29.4. The second-order valence-electron chi connectivity index (χ2n) is 13.7. The van der Waals surface area contributed by atoms with Crippen molar-refractivity contribution in [2.75, 3.05) is 5.01 Å². The highest BCUT2D eigenvalue weighted by Crippen LogP contribution is 2.67. The number of aliphatic hydroxyl groups is 1. The summed E-state index contributed by atoms with van der Waals surface area (Å²) in [5.41, 5.74) is 5.43. The summed E-state index contributed by atoms with van der Waals surface area (Å²) in [6.07, 6.45) is 12.2. The zero-order chi connectivity index (χ0) is 27.6.